The molecule has 4 aromatic carbocycles. The van der Waals surface area contributed by atoms with Crippen molar-refractivity contribution in [3.8, 4) is 11.5 Å². The summed E-state index contributed by atoms with van der Waals surface area (Å²) in [5.41, 5.74) is 3.68. The second-order valence-corrected chi connectivity index (χ2v) is 22.5. The number of hydrogen-bond acceptors (Lipinski definition) is 11. The van der Waals surface area contributed by atoms with E-state index in [1.807, 2.05) is 36.4 Å². The van der Waals surface area contributed by atoms with Gasteiger partial charge in [0.25, 0.3) is 5.24 Å². The molecule has 6 rings (SSSR count). The number of fused-ring (bicyclic) bond motifs is 2. The Kier molecular flexibility index (Phi) is 23.3. The van der Waals surface area contributed by atoms with Gasteiger partial charge in [0.15, 0.2) is 25.5 Å². The lowest BCUT2D eigenvalue weighted by atomic mass is 9.97. The second-order valence-electron chi connectivity index (χ2n) is 17.0. The lowest BCUT2D eigenvalue weighted by Crippen LogP contribution is -2.28. The van der Waals surface area contributed by atoms with Crippen LogP contribution in [-0.2, 0) is 37.6 Å². The van der Waals surface area contributed by atoms with Crippen LogP contribution in [0.15, 0.2) is 104 Å². The lowest BCUT2D eigenvalue weighted by molar-refractivity contribution is 0.103. The van der Waals surface area contributed by atoms with E-state index in [0.29, 0.717) is 63.0 Å². The van der Waals surface area contributed by atoms with Crippen LogP contribution >= 0.6 is 27.5 Å². The predicted octanol–water partition coefficient (Wildman–Crippen LogP) is 13.2. The summed E-state index contributed by atoms with van der Waals surface area (Å²) in [5, 5.41) is 0.576. The van der Waals surface area contributed by atoms with Gasteiger partial charge in [-0.3, -0.25) is 9.59 Å². The van der Waals surface area contributed by atoms with Crippen molar-refractivity contribution in [2.45, 2.75) is 103 Å². The molecule has 370 valence electrons. The van der Waals surface area contributed by atoms with Crippen LogP contribution in [0.1, 0.15) is 129 Å². The van der Waals surface area contributed by atoms with E-state index in [9.17, 15) is 26.4 Å². The Morgan fingerprint density at radius 2 is 1.13 bits per heavy atom. The van der Waals surface area contributed by atoms with Crippen molar-refractivity contribution in [3.05, 3.63) is 129 Å². The highest BCUT2D eigenvalue weighted by Crippen LogP contribution is 2.32. The molecule has 0 N–H and O–H groups in total. The van der Waals surface area contributed by atoms with Crippen molar-refractivity contribution in [3.63, 3.8) is 0 Å². The smallest absolute Gasteiger partial charge is 0.256 e. The third kappa shape index (κ3) is 19.1. The molecule has 0 aliphatic carbocycles. The molecule has 0 bridgehead atoms. The molecule has 15 heteroatoms. The number of nitrogens with zero attached hydrogens (tertiary/aromatic N) is 1. The van der Waals surface area contributed by atoms with Gasteiger partial charge in [-0.2, -0.15) is 0 Å². The van der Waals surface area contributed by atoms with E-state index in [0.717, 1.165) is 67.5 Å². The molecular formula is C53H67BrClNO10S2. The maximum absolute atomic E-state index is 13.5. The normalized spacial score (nSPS) is 11.5. The molecular weight excluding hydrogens is 990 g/mol. The molecule has 0 aliphatic rings. The maximum Gasteiger partial charge on any atom is 0.256 e. The van der Waals surface area contributed by atoms with Crippen molar-refractivity contribution in [1.29, 1.82) is 0 Å². The molecule has 0 fully saturated rings. The second kappa shape index (κ2) is 28.3. The SMILES string of the molecule is CCCCN(CCCC)CCCOc1ccc(Br)cc1.CCCCOc1ccc(C(=O)c2c(CCCC)oc3ccc(CS(C)(=O)=O)cc23)cc1.CS(=O)(=O)Cc1ccc2occ(C(=O)Cl)c2c1. The Hall–Kier alpha value is -4.47. The number of carbonyl (C=O) groups excluding carboxylic acids is 2. The van der Waals surface area contributed by atoms with Gasteiger partial charge in [0, 0.05) is 46.3 Å². The third-order valence-corrected chi connectivity index (χ3v) is 13.2. The molecule has 68 heavy (non-hydrogen) atoms. The van der Waals surface area contributed by atoms with Crippen LogP contribution in [0.5, 0.6) is 11.5 Å². The van der Waals surface area contributed by atoms with E-state index in [-0.39, 0.29) is 22.9 Å². The summed E-state index contributed by atoms with van der Waals surface area (Å²) in [5.74, 6) is 2.08. The fourth-order valence-corrected chi connectivity index (χ4v) is 9.24. The van der Waals surface area contributed by atoms with E-state index in [1.165, 1.54) is 51.3 Å². The van der Waals surface area contributed by atoms with Gasteiger partial charge in [-0.1, -0.05) is 81.4 Å². The van der Waals surface area contributed by atoms with Crippen LogP contribution in [0, 0.1) is 0 Å². The number of hydrogen-bond donors (Lipinski definition) is 0. The van der Waals surface area contributed by atoms with Crippen molar-refractivity contribution in [2.24, 2.45) is 0 Å². The Morgan fingerprint density at radius 1 is 0.632 bits per heavy atom. The van der Waals surface area contributed by atoms with Crippen molar-refractivity contribution >= 4 is 80.2 Å². The van der Waals surface area contributed by atoms with Crippen LogP contribution < -0.4 is 9.47 Å². The fourth-order valence-electron chi connectivity index (χ4n) is 7.26. The van der Waals surface area contributed by atoms with Gasteiger partial charge in [-0.15, -0.1) is 0 Å². The first-order valence-corrected chi connectivity index (χ1v) is 28.7. The number of halogens is 2. The minimum absolute atomic E-state index is 0.0736. The predicted molar refractivity (Wildman–Crippen MR) is 279 cm³/mol. The van der Waals surface area contributed by atoms with Crippen LogP contribution in [0.2, 0.25) is 0 Å². The van der Waals surface area contributed by atoms with Gasteiger partial charge < -0.3 is 23.2 Å². The molecule has 0 spiro atoms. The number of rotatable bonds is 25. The summed E-state index contributed by atoms with van der Waals surface area (Å²) >= 11 is 8.82. The minimum atomic E-state index is -3.18. The average Bonchev–Trinajstić information content (AvgIpc) is 3.89. The highest BCUT2D eigenvalue weighted by Gasteiger charge is 2.23. The first kappa shape index (κ1) is 56.1. The number of sulfone groups is 2. The molecule has 0 radical (unpaired) electrons. The summed E-state index contributed by atoms with van der Waals surface area (Å²) < 4.78 is 69.6. The quantitative estimate of drug-likeness (QED) is 0.0306. The van der Waals surface area contributed by atoms with Crippen LogP contribution in [-0.4, -0.2) is 78.1 Å². The van der Waals surface area contributed by atoms with Crippen LogP contribution in [0.4, 0.5) is 0 Å². The molecule has 11 nitrogen and oxygen atoms in total. The first-order chi connectivity index (χ1) is 32.4. The van der Waals surface area contributed by atoms with Crippen LogP contribution in [0.25, 0.3) is 21.9 Å². The van der Waals surface area contributed by atoms with E-state index < -0.39 is 24.9 Å². The summed E-state index contributed by atoms with van der Waals surface area (Å²) in [6.45, 7) is 13.8. The summed E-state index contributed by atoms with van der Waals surface area (Å²) in [6, 6.07) is 25.4. The minimum Gasteiger partial charge on any atom is -0.494 e. The van der Waals surface area contributed by atoms with Gasteiger partial charge in [0.05, 0.1) is 35.8 Å². The zero-order chi connectivity index (χ0) is 49.7. The number of benzene rings is 4. The average molecular weight is 1060 g/mol. The van der Waals surface area contributed by atoms with Crippen LogP contribution in [0.3, 0.4) is 0 Å². The first-order valence-electron chi connectivity index (χ1n) is 23.4. The Bertz CT molecular complexity index is 2720. The number of unbranched alkanes of at least 4 members (excludes halogenated alkanes) is 4. The molecule has 0 atom stereocenters. The van der Waals surface area contributed by atoms with Crippen molar-refractivity contribution in [2.75, 3.05) is 45.4 Å². The van der Waals surface area contributed by atoms with E-state index in [4.69, 9.17) is 29.9 Å². The molecule has 2 heterocycles. The zero-order valence-electron chi connectivity index (χ0n) is 40.3. The monoisotopic (exact) mass is 1060 g/mol. The summed E-state index contributed by atoms with van der Waals surface area (Å²) in [4.78, 5) is 27.1. The number of ether oxygens (including phenoxy) is 2. The largest absolute Gasteiger partial charge is 0.494 e. The Morgan fingerprint density at radius 3 is 1.66 bits per heavy atom. The van der Waals surface area contributed by atoms with E-state index in [1.54, 1.807) is 48.5 Å². The zero-order valence-corrected chi connectivity index (χ0v) is 44.3. The molecule has 0 aliphatic heterocycles. The topological polar surface area (TPSA) is 150 Å². The number of aryl methyl sites for hydroxylation is 1. The number of furan rings is 2. The van der Waals surface area contributed by atoms with Gasteiger partial charge >= 0.3 is 0 Å². The molecule has 0 unspecified atom stereocenters. The van der Waals surface area contributed by atoms with E-state index >= 15 is 0 Å². The van der Waals surface area contributed by atoms with Crippen molar-refractivity contribution in [1.82, 2.24) is 4.90 Å². The van der Waals surface area contributed by atoms with Gasteiger partial charge in [0.2, 0.25) is 0 Å². The number of carbonyl (C=O) groups is 2. The molecule has 2 aromatic heterocycles. The molecule has 6 aromatic rings. The molecule has 0 saturated heterocycles. The van der Waals surface area contributed by atoms with Gasteiger partial charge in [-0.05, 0) is 141 Å². The lowest BCUT2D eigenvalue weighted by Gasteiger charge is -2.21. The standard InChI is InChI=1S/C25H30O5S.C17H28BrNO.C11H9ClO4S/c1-4-6-8-23-24(21-16-18(17-31(3,27)28)9-14-22(21)30-23)25(26)19-10-12-20(13-11-19)29-15-7-5-2;1-3-5-12-19(13-6-4-2)14-7-15-20-17-10-8-16(18)9-11-17;1-17(14,15)6-7-2-3-10-8(4-7)9(5-16-10)11(12)13/h9-14,16H,4-8,15,17H2,1-3H3;8-11H,3-7,12-15H2,1-2H3;2-5H,6H2,1H3. The highest BCUT2D eigenvalue weighted by molar-refractivity contribution is 9.10. The van der Waals surface area contributed by atoms with Crippen molar-refractivity contribution < 1.29 is 44.7 Å². The fraction of sp³-hybridized carbons (Fsp3) is 0.434. The molecule has 0 amide bonds. The molecule has 0 saturated carbocycles. The maximum atomic E-state index is 13.5. The third-order valence-electron chi connectivity index (χ3n) is 10.8. The Balaban J connectivity index is 0.000000236. The van der Waals surface area contributed by atoms with E-state index in [2.05, 4.69) is 48.5 Å². The highest BCUT2D eigenvalue weighted by atomic mass is 79.9. The summed E-state index contributed by atoms with van der Waals surface area (Å²) in [7, 11) is -6.29. The Labute approximate surface area is 416 Å². The summed E-state index contributed by atoms with van der Waals surface area (Å²) in [6.07, 6.45) is 14.5. The van der Waals surface area contributed by atoms with Gasteiger partial charge in [0.1, 0.15) is 34.7 Å². The number of ketones is 1. The van der Waals surface area contributed by atoms with Gasteiger partial charge in [-0.25, -0.2) is 16.8 Å².